The van der Waals surface area contributed by atoms with Crippen LogP contribution in [0.2, 0.25) is 0 Å². The van der Waals surface area contributed by atoms with E-state index in [1.807, 2.05) is 54.0 Å². The summed E-state index contributed by atoms with van der Waals surface area (Å²) < 4.78 is 18.2. The molecule has 0 aliphatic heterocycles. The quantitative estimate of drug-likeness (QED) is 0.724. The fourth-order valence-electron chi connectivity index (χ4n) is 2.39. The molecule has 0 saturated carbocycles. The minimum atomic E-state index is 0.609. The normalized spacial score (nSPS) is 10.7. The Hall–Kier alpha value is -2.69. The van der Waals surface area contributed by atoms with Crippen LogP contribution in [0.5, 0.6) is 17.2 Å². The minimum absolute atomic E-state index is 0.609. The molecule has 3 aromatic rings. The number of hydrogen-bond donors (Lipinski definition) is 0. The van der Waals surface area contributed by atoms with E-state index in [1.165, 1.54) is 0 Å². The number of aromatic nitrogens is 2. The van der Waals surface area contributed by atoms with E-state index in [0.717, 1.165) is 22.7 Å². The number of ether oxygens (including phenoxy) is 3. The third kappa shape index (κ3) is 2.45. The minimum Gasteiger partial charge on any atom is -0.493 e. The molecule has 0 saturated heterocycles. The van der Waals surface area contributed by atoms with E-state index in [-0.39, 0.29) is 0 Å². The second-order valence-electron chi connectivity index (χ2n) is 4.73. The van der Waals surface area contributed by atoms with Crippen LogP contribution in [0.15, 0.2) is 42.7 Å². The highest BCUT2D eigenvalue weighted by Gasteiger charge is 2.11. The van der Waals surface area contributed by atoms with E-state index in [2.05, 4.69) is 4.98 Å². The molecule has 1 aromatic carbocycles. The van der Waals surface area contributed by atoms with Gasteiger partial charge in [0.05, 0.1) is 26.5 Å². The highest BCUT2D eigenvalue weighted by Crippen LogP contribution is 2.32. The molecule has 0 fully saturated rings. The van der Waals surface area contributed by atoms with Gasteiger partial charge in [0.2, 0.25) is 0 Å². The lowest BCUT2D eigenvalue weighted by Gasteiger charge is -2.08. The second-order valence-corrected chi connectivity index (χ2v) is 4.73. The van der Waals surface area contributed by atoms with Gasteiger partial charge in [-0.2, -0.15) is 0 Å². The number of nitrogens with zero attached hydrogens (tertiary/aromatic N) is 2. The van der Waals surface area contributed by atoms with Crippen LogP contribution in [0, 0.1) is 0 Å². The van der Waals surface area contributed by atoms with Gasteiger partial charge >= 0.3 is 0 Å². The van der Waals surface area contributed by atoms with Crippen molar-refractivity contribution in [1.82, 2.24) is 9.38 Å². The Morgan fingerprint density at radius 2 is 1.86 bits per heavy atom. The number of rotatable bonds is 5. The van der Waals surface area contributed by atoms with Crippen molar-refractivity contribution in [1.29, 1.82) is 0 Å². The molecule has 3 rings (SSSR count). The van der Waals surface area contributed by atoms with Crippen molar-refractivity contribution in [3.8, 4) is 28.5 Å². The Morgan fingerprint density at radius 1 is 1.05 bits per heavy atom. The molecular formula is C17H18N2O3. The zero-order valence-corrected chi connectivity index (χ0v) is 12.9. The third-order valence-corrected chi connectivity index (χ3v) is 3.43. The molecule has 0 atom stereocenters. The molecule has 5 nitrogen and oxygen atoms in total. The Kier molecular flexibility index (Phi) is 3.87. The summed E-state index contributed by atoms with van der Waals surface area (Å²) in [7, 11) is 3.25. The highest BCUT2D eigenvalue weighted by atomic mass is 16.5. The first-order valence-corrected chi connectivity index (χ1v) is 7.09. The van der Waals surface area contributed by atoms with Gasteiger partial charge < -0.3 is 18.6 Å². The van der Waals surface area contributed by atoms with Gasteiger partial charge in [-0.25, -0.2) is 4.98 Å². The van der Waals surface area contributed by atoms with Crippen LogP contribution < -0.4 is 14.2 Å². The number of imidazole rings is 1. The van der Waals surface area contributed by atoms with Crippen LogP contribution in [0.3, 0.4) is 0 Å². The largest absolute Gasteiger partial charge is 0.493 e. The summed E-state index contributed by atoms with van der Waals surface area (Å²) in [6, 6.07) is 9.62. The fourth-order valence-corrected chi connectivity index (χ4v) is 2.39. The van der Waals surface area contributed by atoms with Crippen molar-refractivity contribution in [2.45, 2.75) is 6.92 Å². The van der Waals surface area contributed by atoms with Crippen molar-refractivity contribution >= 4 is 5.65 Å². The van der Waals surface area contributed by atoms with E-state index in [9.17, 15) is 0 Å². The zero-order chi connectivity index (χ0) is 15.5. The van der Waals surface area contributed by atoms with Crippen molar-refractivity contribution < 1.29 is 14.2 Å². The molecule has 0 amide bonds. The summed E-state index contributed by atoms with van der Waals surface area (Å²) in [5.74, 6) is 2.16. The van der Waals surface area contributed by atoms with Gasteiger partial charge in [-0.05, 0) is 37.3 Å². The molecule has 2 heterocycles. The van der Waals surface area contributed by atoms with Gasteiger partial charge in [-0.3, -0.25) is 0 Å². The zero-order valence-electron chi connectivity index (χ0n) is 12.9. The molecule has 0 aliphatic rings. The number of hydrogen-bond acceptors (Lipinski definition) is 4. The molecule has 2 aromatic heterocycles. The molecule has 22 heavy (non-hydrogen) atoms. The van der Waals surface area contributed by atoms with Gasteiger partial charge in [0.1, 0.15) is 0 Å². The van der Waals surface area contributed by atoms with Crippen LogP contribution in [0.4, 0.5) is 0 Å². The molecule has 0 N–H and O–H groups in total. The fraction of sp³-hybridized carbons (Fsp3) is 0.235. The smallest absolute Gasteiger partial charge is 0.180 e. The average molecular weight is 298 g/mol. The molecule has 0 aliphatic carbocycles. The maximum Gasteiger partial charge on any atom is 0.180 e. The lowest BCUT2D eigenvalue weighted by molar-refractivity contribution is 0.342. The molecular weight excluding hydrogens is 280 g/mol. The first-order valence-electron chi connectivity index (χ1n) is 7.09. The van der Waals surface area contributed by atoms with Gasteiger partial charge in [0, 0.05) is 18.0 Å². The standard InChI is InChI=1S/C17H18N2O3/c1-4-22-15-6-5-9-19-11-13(18-17(15)19)12-7-8-14(20-2)16(10-12)21-3/h5-11H,4H2,1-3H3. The van der Waals surface area contributed by atoms with E-state index in [1.54, 1.807) is 14.2 Å². The SMILES string of the molecule is CCOc1cccn2cc(-c3ccc(OC)c(OC)c3)nc12. The molecule has 5 heteroatoms. The average Bonchev–Trinajstić information content (AvgIpc) is 2.99. The van der Waals surface area contributed by atoms with Crippen molar-refractivity contribution in [2.75, 3.05) is 20.8 Å². The Labute approximate surface area is 129 Å². The molecule has 114 valence electrons. The number of benzene rings is 1. The second kappa shape index (κ2) is 5.97. The van der Waals surface area contributed by atoms with Crippen LogP contribution >= 0.6 is 0 Å². The summed E-state index contributed by atoms with van der Waals surface area (Å²) in [5, 5.41) is 0. The topological polar surface area (TPSA) is 45.0 Å². The van der Waals surface area contributed by atoms with Crippen LogP contribution in [-0.4, -0.2) is 30.2 Å². The highest BCUT2D eigenvalue weighted by molar-refractivity contribution is 5.68. The third-order valence-electron chi connectivity index (χ3n) is 3.43. The maximum absolute atomic E-state index is 5.62. The lowest BCUT2D eigenvalue weighted by Crippen LogP contribution is -1.94. The van der Waals surface area contributed by atoms with Gasteiger partial charge in [0.15, 0.2) is 22.9 Å². The Bertz CT molecular complexity index is 796. The molecule has 0 unspecified atom stereocenters. The van der Waals surface area contributed by atoms with E-state index in [4.69, 9.17) is 14.2 Å². The summed E-state index contributed by atoms with van der Waals surface area (Å²) in [4.78, 5) is 4.67. The summed E-state index contributed by atoms with van der Waals surface area (Å²) in [5.41, 5.74) is 2.62. The van der Waals surface area contributed by atoms with Crippen LogP contribution in [0.1, 0.15) is 6.92 Å². The summed E-state index contributed by atoms with van der Waals surface area (Å²) in [6.07, 6.45) is 3.92. The summed E-state index contributed by atoms with van der Waals surface area (Å²) >= 11 is 0. The lowest BCUT2D eigenvalue weighted by atomic mass is 10.1. The molecule has 0 radical (unpaired) electrons. The molecule has 0 spiro atoms. The van der Waals surface area contributed by atoms with Gasteiger partial charge in [-0.1, -0.05) is 0 Å². The number of pyridine rings is 1. The van der Waals surface area contributed by atoms with E-state index < -0.39 is 0 Å². The maximum atomic E-state index is 5.62. The van der Waals surface area contributed by atoms with Crippen molar-refractivity contribution in [2.24, 2.45) is 0 Å². The first-order chi connectivity index (χ1) is 10.8. The Balaban J connectivity index is 2.08. The van der Waals surface area contributed by atoms with Gasteiger partial charge in [-0.15, -0.1) is 0 Å². The van der Waals surface area contributed by atoms with E-state index in [0.29, 0.717) is 18.1 Å². The Morgan fingerprint density at radius 3 is 2.59 bits per heavy atom. The van der Waals surface area contributed by atoms with Gasteiger partial charge in [0.25, 0.3) is 0 Å². The van der Waals surface area contributed by atoms with Crippen molar-refractivity contribution in [3.63, 3.8) is 0 Å². The summed E-state index contributed by atoms with van der Waals surface area (Å²) in [6.45, 7) is 2.57. The first kappa shape index (κ1) is 14.3. The van der Waals surface area contributed by atoms with Crippen LogP contribution in [0.25, 0.3) is 16.9 Å². The predicted octanol–water partition coefficient (Wildman–Crippen LogP) is 3.42. The molecule has 0 bridgehead atoms. The predicted molar refractivity (Wildman–Crippen MR) is 84.9 cm³/mol. The number of fused-ring (bicyclic) bond motifs is 1. The number of methoxy groups -OCH3 is 2. The van der Waals surface area contributed by atoms with Crippen LogP contribution in [-0.2, 0) is 0 Å². The monoisotopic (exact) mass is 298 g/mol. The van der Waals surface area contributed by atoms with E-state index >= 15 is 0 Å². The van der Waals surface area contributed by atoms with Crippen molar-refractivity contribution in [3.05, 3.63) is 42.7 Å².